The van der Waals surface area contributed by atoms with Crippen LogP contribution in [0.25, 0.3) is 11.1 Å². The van der Waals surface area contributed by atoms with E-state index in [0.29, 0.717) is 11.1 Å². The predicted molar refractivity (Wildman–Crippen MR) is 128 cm³/mol. The molecule has 4 nitrogen and oxygen atoms in total. The Bertz CT molecular complexity index is 1020. The maximum Gasteiger partial charge on any atom is 0.248 e. The van der Waals surface area contributed by atoms with Crippen molar-refractivity contribution in [2.24, 2.45) is 9.98 Å². The third kappa shape index (κ3) is 5.07. The molecule has 0 aromatic heterocycles. The highest BCUT2D eigenvalue weighted by molar-refractivity contribution is 6.77. The Labute approximate surface area is 204 Å². The molecule has 0 fully saturated rings. The molecule has 2 aromatic rings. The second kappa shape index (κ2) is 8.85. The number of benzene rings is 2. The van der Waals surface area contributed by atoms with Gasteiger partial charge in [-0.05, 0) is 18.1 Å². The third-order valence-electron chi connectivity index (χ3n) is 4.46. The van der Waals surface area contributed by atoms with Gasteiger partial charge in [0.2, 0.25) is 7.59 Å². The molecule has 30 heavy (non-hydrogen) atoms. The van der Waals surface area contributed by atoms with Gasteiger partial charge >= 0.3 is 0 Å². The van der Waals surface area contributed by atoms with Gasteiger partial charge in [0.05, 0.1) is 0 Å². The fourth-order valence-corrected chi connectivity index (χ4v) is 4.17. The topological polar surface area (TPSA) is 45.0 Å². The lowest BCUT2D eigenvalue weighted by Gasteiger charge is -2.37. The molecular weight excluding hydrogens is 511 g/mol. The number of alkyl halides is 6. The van der Waals surface area contributed by atoms with Crippen LogP contribution in [0.15, 0.2) is 58.5 Å². The lowest BCUT2D eigenvalue weighted by atomic mass is 9.96. The molecule has 0 bridgehead atoms. The first-order valence-electron chi connectivity index (χ1n) is 8.63. The molecule has 3 rings (SSSR count). The lowest BCUT2D eigenvalue weighted by molar-refractivity contribution is 0.101. The normalized spacial score (nSPS) is 17.5. The highest BCUT2D eigenvalue weighted by Gasteiger charge is 2.44. The summed E-state index contributed by atoms with van der Waals surface area (Å²) in [5, 5.41) is 0. The summed E-state index contributed by atoms with van der Waals surface area (Å²) in [6.07, 6.45) is -0.946. The van der Waals surface area contributed by atoms with E-state index in [4.69, 9.17) is 69.6 Å². The lowest BCUT2D eigenvalue weighted by Crippen LogP contribution is -2.51. The molecule has 1 heterocycles. The monoisotopic (exact) mass is 523 g/mol. The van der Waals surface area contributed by atoms with Crippen molar-refractivity contribution in [3.8, 4) is 11.1 Å². The molecule has 1 aliphatic heterocycles. The van der Waals surface area contributed by atoms with Gasteiger partial charge in [-0.1, -0.05) is 118 Å². The molecule has 1 unspecified atom stereocenters. The average molecular weight is 526 g/mol. The number of carbonyl (C=O) groups excluding carboxylic acids is 1. The van der Waals surface area contributed by atoms with Gasteiger partial charge in [0.1, 0.15) is 0 Å². The molecule has 1 atom stereocenters. The number of ketones is 1. The molecule has 158 valence electrons. The summed E-state index contributed by atoms with van der Waals surface area (Å²) in [4.78, 5) is 22.2. The number of halogens is 6. The third-order valence-corrected chi connectivity index (χ3v) is 5.56. The molecule has 0 N–H and O–H groups in total. The Hall–Kier alpha value is -1.01. The number of carbonyl (C=O) groups is 1. The van der Waals surface area contributed by atoms with Gasteiger partial charge in [-0.25, -0.2) is 9.98 Å². The van der Waals surface area contributed by atoms with Crippen LogP contribution in [-0.2, 0) is 0 Å². The Balaban J connectivity index is 2.05. The number of rotatable bonds is 3. The fraction of sp³-hybridized carbons (Fsp3) is 0.250. The zero-order valence-electron chi connectivity index (χ0n) is 15.7. The SMILES string of the molecule is CC(=O)c1ccccc1-c1ccc(C2=NC(C(Cl)(Cl)Cl)N(C)C(C(Cl)(Cl)Cl)=N2)cc1. The Morgan fingerprint density at radius 2 is 1.50 bits per heavy atom. The molecule has 1 aliphatic rings. The fourth-order valence-electron chi connectivity index (χ4n) is 3.06. The maximum atomic E-state index is 11.9. The van der Waals surface area contributed by atoms with Gasteiger partial charge < -0.3 is 4.90 Å². The first-order chi connectivity index (χ1) is 13.9. The summed E-state index contributed by atoms with van der Waals surface area (Å²) in [5.74, 6) is 0.328. The van der Waals surface area contributed by atoms with E-state index in [1.165, 1.54) is 11.8 Å². The highest BCUT2D eigenvalue weighted by Crippen LogP contribution is 2.39. The van der Waals surface area contributed by atoms with E-state index in [0.717, 1.165) is 11.1 Å². The van der Waals surface area contributed by atoms with Crippen LogP contribution < -0.4 is 0 Å². The van der Waals surface area contributed by atoms with E-state index in [9.17, 15) is 4.79 Å². The van der Waals surface area contributed by atoms with Crippen molar-refractivity contribution < 1.29 is 4.79 Å². The molecule has 0 amide bonds. The summed E-state index contributed by atoms with van der Waals surface area (Å²) >= 11 is 36.5. The molecule has 2 aromatic carbocycles. The molecule has 0 aliphatic carbocycles. The van der Waals surface area contributed by atoms with Gasteiger partial charge in [-0.3, -0.25) is 4.79 Å². The van der Waals surface area contributed by atoms with E-state index in [-0.39, 0.29) is 17.5 Å². The van der Waals surface area contributed by atoms with E-state index >= 15 is 0 Å². The van der Waals surface area contributed by atoms with Crippen molar-refractivity contribution in [3.63, 3.8) is 0 Å². The van der Waals surface area contributed by atoms with Crippen molar-refractivity contribution in [1.82, 2.24) is 4.90 Å². The number of aliphatic imine (C=N–C) groups is 2. The van der Waals surface area contributed by atoms with Crippen molar-refractivity contribution >= 4 is 87.1 Å². The smallest absolute Gasteiger partial charge is 0.248 e. The van der Waals surface area contributed by atoms with E-state index in [1.807, 2.05) is 30.3 Å². The van der Waals surface area contributed by atoms with Crippen molar-refractivity contribution in [2.45, 2.75) is 20.7 Å². The van der Waals surface area contributed by atoms with Crippen LogP contribution in [0, 0.1) is 0 Å². The van der Waals surface area contributed by atoms with Gasteiger partial charge in [-0.2, -0.15) is 0 Å². The van der Waals surface area contributed by atoms with Crippen LogP contribution in [0.4, 0.5) is 0 Å². The zero-order chi connectivity index (χ0) is 22.3. The summed E-state index contributed by atoms with van der Waals surface area (Å²) in [7, 11) is 1.58. The van der Waals surface area contributed by atoms with Crippen LogP contribution in [0.5, 0.6) is 0 Å². The summed E-state index contributed by atoms with van der Waals surface area (Å²) in [5.41, 5.74) is 2.96. The number of amidine groups is 2. The average Bonchev–Trinajstić information content (AvgIpc) is 2.66. The molecular formula is C20H15Cl6N3O. The maximum absolute atomic E-state index is 11.9. The van der Waals surface area contributed by atoms with E-state index in [1.54, 1.807) is 25.2 Å². The summed E-state index contributed by atoms with van der Waals surface area (Å²) in [6.45, 7) is 1.53. The minimum atomic E-state index is -1.84. The van der Waals surface area contributed by atoms with Crippen molar-refractivity contribution in [3.05, 3.63) is 59.7 Å². The van der Waals surface area contributed by atoms with Gasteiger partial charge in [0.15, 0.2) is 23.6 Å². The minimum absolute atomic E-state index is 0.0168. The molecule has 0 saturated carbocycles. The van der Waals surface area contributed by atoms with E-state index in [2.05, 4.69) is 9.98 Å². The Kier molecular flexibility index (Phi) is 6.98. The van der Waals surface area contributed by atoms with Gasteiger partial charge in [-0.15, -0.1) is 0 Å². The van der Waals surface area contributed by atoms with Crippen LogP contribution in [0.1, 0.15) is 22.8 Å². The quantitative estimate of drug-likeness (QED) is 0.330. The first kappa shape index (κ1) is 23.6. The highest BCUT2D eigenvalue weighted by atomic mass is 35.6. The molecule has 0 spiro atoms. The molecule has 0 radical (unpaired) electrons. The van der Waals surface area contributed by atoms with Crippen LogP contribution in [0.3, 0.4) is 0 Å². The zero-order valence-corrected chi connectivity index (χ0v) is 20.2. The van der Waals surface area contributed by atoms with E-state index < -0.39 is 13.8 Å². The van der Waals surface area contributed by atoms with Crippen LogP contribution in [0.2, 0.25) is 0 Å². The molecule has 10 heteroatoms. The van der Waals surface area contributed by atoms with Gasteiger partial charge in [0, 0.05) is 18.2 Å². The molecule has 0 saturated heterocycles. The predicted octanol–water partition coefficient (Wildman–Crippen LogP) is 6.71. The van der Waals surface area contributed by atoms with Crippen molar-refractivity contribution in [1.29, 1.82) is 0 Å². The first-order valence-corrected chi connectivity index (χ1v) is 10.9. The standard InChI is InChI=1S/C20H15Cl6N3O/c1-11(30)14-5-3-4-6-15(14)12-7-9-13(10-8-12)16-27-17(19(21,22)23)29(2)18(28-16)20(24,25)26/h3-10,17H,1-2H3. The second-order valence-electron chi connectivity index (χ2n) is 6.59. The largest absolute Gasteiger partial charge is 0.334 e. The number of hydrogen-bond acceptors (Lipinski definition) is 4. The van der Waals surface area contributed by atoms with Crippen molar-refractivity contribution in [2.75, 3.05) is 7.05 Å². The summed E-state index contributed by atoms with van der Waals surface area (Å²) < 4.78 is -3.62. The summed E-state index contributed by atoms with van der Waals surface area (Å²) in [6, 6.07) is 14.7. The minimum Gasteiger partial charge on any atom is -0.334 e. The van der Waals surface area contributed by atoms with Crippen LogP contribution >= 0.6 is 69.6 Å². The number of nitrogens with zero attached hydrogens (tertiary/aromatic N) is 3. The number of hydrogen-bond donors (Lipinski definition) is 0. The van der Waals surface area contributed by atoms with Gasteiger partial charge in [0.25, 0.3) is 0 Å². The number of Topliss-reactive ketones (excluding diaryl/α,β-unsaturated/α-hetero) is 1. The van der Waals surface area contributed by atoms with Crippen LogP contribution in [-0.4, -0.2) is 43.2 Å². The Morgan fingerprint density at radius 1 is 0.933 bits per heavy atom. The Morgan fingerprint density at radius 3 is 2.03 bits per heavy atom. The second-order valence-corrected chi connectivity index (χ2v) is 11.2.